The Morgan fingerprint density at radius 3 is 2.63 bits per heavy atom. The number of halogens is 1. The van der Waals surface area contributed by atoms with Gasteiger partial charge in [-0.2, -0.15) is 0 Å². The van der Waals surface area contributed by atoms with Crippen LogP contribution in [0.2, 0.25) is 0 Å². The molecule has 1 fully saturated rings. The number of amides is 1. The zero-order chi connectivity index (χ0) is 14.0. The van der Waals surface area contributed by atoms with Crippen molar-refractivity contribution in [1.82, 2.24) is 9.88 Å². The molecule has 1 aromatic rings. The number of nitrogens with zero attached hydrogens (tertiary/aromatic N) is 1. The van der Waals surface area contributed by atoms with E-state index < -0.39 is 0 Å². The first-order valence-corrected chi connectivity index (χ1v) is 7.63. The summed E-state index contributed by atoms with van der Waals surface area (Å²) in [6, 6.07) is 2.29. The maximum Gasteiger partial charge on any atom is 0.268 e. The second-order valence-corrected chi connectivity index (χ2v) is 6.44. The SMILES string of the molecule is CC(C)n1cc(Br)cc1C(=O)NC1CCC(O)CC1. The van der Waals surface area contributed by atoms with Crippen LogP contribution in [0, 0.1) is 0 Å². The first kappa shape index (κ1) is 14.6. The van der Waals surface area contributed by atoms with E-state index in [1.54, 1.807) is 0 Å². The fourth-order valence-corrected chi connectivity index (χ4v) is 2.97. The lowest BCUT2D eigenvalue weighted by Crippen LogP contribution is -2.39. The topological polar surface area (TPSA) is 54.3 Å². The second-order valence-electron chi connectivity index (χ2n) is 5.52. The van der Waals surface area contributed by atoms with Gasteiger partial charge in [-0.25, -0.2) is 0 Å². The van der Waals surface area contributed by atoms with Gasteiger partial charge in [-0.15, -0.1) is 0 Å². The Balaban J connectivity index is 2.03. The first-order chi connectivity index (χ1) is 8.97. The van der Waals surface area contributed by atoms with Crippen LogP contribution in [0.5, 0.6) is 0 Å². The highest BCUT2D eigenvalue weighted by Crippen LogP contribution is 2.21. The summed E-state index contributed by atoms with van der Waals surface area (Å²) in [5.74, 6) is -0.0270. The van der Waals surface area contributed by atoms with E-state index in [1.807, 2.05) is 16.8 Å². The van der Waals surface area contributed by atoms with Crippen LogP contribution in [0.1, 0.15) is 56.1 Å². The standard InChI is InChI=1S/C14H21BrN2O2/c1-9(2)17-8-10(15)7-13(17)14(19)16-11-3-5-12(18)6-4-11/h7-9,11-12,18H,3-6H2,1-2H3,(H,16,19). The lowest BCUT2D eigenvalue weighted by Gasteiger charge is -2.26. The lowest BCUT2D eigenvalue weighted by molar-refractivity contribution is 0.0858. The molecular formula is C14H21BrN2O2. The number of nitrogens with one attached hydrogen (secondary N) is 1. The predicted octanol–water partition coefficient (Wildman–Crippen LogP) is 2.86. The number of aromatic nitrogens is 1. The highest BCUT2D eigenvalue weighted by Gasteiger charge is 2.23. The molecule has 1 aliphatic carbocycles. The van der Waals surface area contributed by atoms with Crippen LogP contribution < -0.4 is 5.32 Å². The maximum absolute atomic E-state index is 12.3. The van der Waals surface area contributed by atoms with Gasteiger partial charge >= 0.3 is 0 Å². The quantitative estimate of drug-likeness (QED) is 0.896. The average molecular weight is 329 g/mol. The largest absolute Gasteiger partial charge is 0.393 e. The average Bonchev–Trinajstić information content (AvgIpc) is 2.74. The fraction of sp³-hybridized carbons (Fsp3) is 0.643. The van der Waals surface area contributed by atoms with E-state index in [-0.39, 0.29) is 24.1 Å². The molecule has 5 heteroatoms. The van der Waals surface area contributed by atoms with Crippen molar-refractivity contribution in [2.75, 3.05) is 0 Å². The Morgan fingerprint density at radius 2 is 2.05 bits per heavy atom. The van der Waals surface area contributed by atoms with Gasteiger partial charge in [-0.05, 0) is 61.5 Å². The zero-order valence-corrected chi connectivity index (χ0v) is 13.0. The van der Waals surface area contributed by atoms with Crippen molar-refractivity contribution < 1.29 is 9.90 Å². The summed E-state index contributed by atoms with van der Waals surface area (Å²) in [5, 5.41) is 12.5. The van der Waals surface area contributed by atoms with Gasteiger partial charge in [0, 0.05) is 22.8 Å². The Kier molecular flexibility index (Phi) is 4.68. The minimum absolute atomic E-state index is 0.0270. The number of aliphatic hydroxyl groups excluding tert-OH is 1. The summed E-state index contributed by atoms with van der Waals surface area (Å²) in [6.07, 6.45) is 5.01. The van der Waals surface area contributed by atoms with Crippen molar-refractivity contribution in [3.63, 3.8) is 0 Å². The van der Waals surface area contributed by atoms with Crippen molar-refractivity contribution in [1.29, 1.82) is 0 Å². The molecule has 0 unspecified atom stereocenters. The van der Waals surface area contributed by atoms with Gasteiger partial charge in [-0.1, -0.05) is 0 Å². The van der Waals surface area contributed by atoms with Crippen LogP contribution in [-0.4, -0.2) is 27.7 Å². The number of carbonyl (C=O) groups is 1. The molecule has 1 saturated carbocycles. The van der Waals surface area contributed by atoms with Crippen LogP contribution in [0.25, 0.3) is 0 Å². The molecule has 0 spiro atoms. The van der Waals surface area contributed by atoms with Gasteiger partial charge in [-0.3, -0.25) is 4.79 Å². The minimum atomic E-state index is -0.193. The van der Waals surface area contributed by atoms with E-state index in [9.17, 15) is 9.90 Å². The van der Waals surface area contributed by atoms with Crippen molar-refractivity contribution in [3.05, 3.63) is 22.4 Å². The number of hydrogen-bond donors (Lipinski definition) is 2. The molecule has 1 aliphatic rings. The monoisotopic (exact) mass is 328 g/mol. The predicted molar refractivity (Wildman–Crippen MR) is 78.2 cm³/mol. The summed E-state index contributed by atoms with van der Waals surface area (Å²) in [5.41, 5.74) is 0.688. The molecule has 0 radical (unpaired) electrons. The van der Waals surface area contributed by atoms with Crippen molar-refractivity contribution >= 4 is 21.8 Å². The molecular weight excluding hydrogens is 308 g/mol. The summed E-state index contributed by atoms with van der Waals surface area (Å²) in [7, 11) is 0. The maximum atomic E-state index is 12.3. The van der Waals surface area contributed by atoms with Crippen molar-refractivity contribution in [2.45, 2.75) is 57.7 Å². The zero-order valence-electron chi connectivity index (χ0n) is 11.4. The lowest BCUT2D eigenvalue weighted by atomic mass is 9.93. The van der Waals surface area contributed by atoms with E-state index in [0.717, 1.165) is 30.2 Å². The number of carbonyl (C=O) groups excluding carboxylic acids is 1. The van der Waals surface area contributed by atoms with Gasteiger partial charge in [0.15, 0.2) is 0 Å². The summed E-state index contributed by atoms with van der Waals surface area (Å²) in [6.45, 7) is 4.11. The summed E-state index contributed by atoms with van der Waals surface area (Å²) in [4.78, 5) is 12.3. The van der Waals surface area contributed by atoms with E-state index in [1.165, 1.54) is 0 Å². The van der Waals surface area contributed by atoms with Crippen LogP contribution in [0.4, 0.5) is 0 Å². The van der Waals surface area contributed by atoms with Crippen molar-refractivity contribution in [2.24, 2.45) is 0 Å². The summed E-state index contributed by atoms with van der Waals surface area (Å²) < 4.78 is 2.89. The highest BCUT2D eigenvalue weighted by atomic mass is 79.9. The smallest absolute Gasteiger partial charge is 0.268 e. The Bertz CT molecular complexity index is 448. The molecule has 0 aliphatic heterocycles. The molecule has 0 bridgehead atoms. The van der Waals surface area contributed by atoms with Crippen LogP contribution >= 0.6 is 15.9 Å². The molecule has 0 atom stereocenters. The molecule has 4 nitrogen and oxygen atoms in total. The normalized spacial score (nSPS) is 23.6. The molecule has 1 heterocycles. The Morgan fingerprint density at radius 1 is 1.42 bits per heavy atom. The molecule has 1 aromatic heterocycles. The van der Waals surface area contributed by atoms with Gasteiger partial charge in [0.2, 0.25) is 0 Å². The number of aliphatic hydroxyl groups is 1. The number of rotatable bonds is 3. The molecule has 106 valence electrons. The van der Waals surface area contributed by atoms with E-state index in [4.69, 9.17) is 0 Å². The van der Waals surface area contributed by atoms with Crippen LogP contribution in [0.15, 0.2) is 16.7 Å². The third-order valence-electron chi connectivity index (χ3n) is 3.64. The highest BCUT2D eigenvalue weighted by molar-refractivity contribution is 9.10. The van der Waals surface area contributed by atoms with Gasteiger partial charge in [0.1, 0.15) is 5.69 Å². The molecule has 2 N–H and O–H groups in total. The Hall–Kier alpha value is -0.810. The third kappa shape index (κ3) is 3.60. The van der Waals surface area contributed by atoms with Gasteiger partial charge < -0.3 is 15.0 Å². The molecule has 0 saturated heterocycles. The first-order valence-electron chi connectivity index (χ1n) is 6.83. The Labute approximate surface area is 122 Å². The third-order valence-corrected chi connectivity index (χ3v) is 4.07. The van der Waals surface area contributed by atoms with Crippen molar-refractivity contribution in [3.8, 4) is 0 Å². The van der Waals surface area contributed by atoms with Gasteiger partial charge in [0.25, 0.3) is 5.91 Å². The second kappa shape index (κ2) is 6.09. The van der Waals surface area contributed by atoms with E-state index >= 15 is 0 Å². The summed E-state index contributed by atoms with van der Waals surface area (Å²) >= 11 is 3.42. The molecule has 1 amide bonds. The van der Waals surface area contributed by atoms with E-state index in [2.05, 4.69) is 35.1 Å². The van der Waals surface area contributed by atoms with Gasteiger partial charge in [0.05, 0.1) is 6.10 Å². The fourth-order valence-electron chi connectivity index (χ4n) is 2.53. The van der Waals surface area contributed by atoms with Crippen LogP contribution in [0.3, 0.4) is 0 Å². The number of hydrogen-bond acceptors (Lipinski definition) is 2. The molecule has 19 heavy (non-hydrogen) atoms. The molecule has 2 rings (SSSR count). The van der Waals surface area contributed by atoms with Crippen LogP contribution in [-0.2, 0) is 0 Å². The minimum Gasteiger partial charge on any atom is -0.393 e. The molecule has 0 aromatic carbocycles. The van der Waals surface area contributed by atoms with E-state index in [0.29, 0.717) is 5.69 Å².